The summed E-state index contributed by atoms with van der Waals surface area (Å²) in [4.78, 5) is 29.9. The van der Waals surface area contributed by atoms with Crippen molar-refractivity contribution in [3.63, 3.8) is 0 Å². The molecular weight excluding hydrogens is 296 g/mol. The molecule has 2 saturated heterocycles. The third kappa shape index (κ3) is 3.02. The highest BCUT2D eigenvalue weighted by Gasteiger charge is 2.35. The van der Waals surface area contributed by atoms with Crippen LogP contribution in [0.5, 0.6) is 0 Å². The molecule has 3 amide bonds. The highest BCUT2D eigenvalue weighted by Crippen LogP contribution is 2.22. The first kappa shape index (κ1) is 15.8. The van der Waals surface area contributed by atoms with Gasteiger partial charge in [0.15, 0.2) is 5.69 Å². The molecule has 0 aromatic carbocycles. The van der Waals surface area contributed by atoms with Gasteiger partial charge in [-0.2, -0.15) is 0 Å². The zero-order valence-electron chi connectivity index (χ0n) is 13.8. The third-order valence-electron chi connectivity index (χ3n) is 4.66. The molecule has 2 aliphatic heterocycles. The number of amides is 3. The van der Waals surface area contributed by atoms with Crippen molar-refractivity contribution < 1.29 is 9.59 Å². The third-order valence-corrected chi connectivity index (χ3v) is 4.66. The Hall–Kier alpha value is -2.12. The number of aromatic nitrogens is 3. The number of carbonyl (C=O) groups is 2. The summed E-state index contributed by atoms with van der Waals surface area (Å²) in [6, 6.07) is 0.182. The number of hydrogen-bond acceptors (Lipinski definition) is 4. The molecule has 1 aromatic heterocycles. The van der Waals surface area contributed by atoms with Crippen molar-refractivity contribution in [1.29, 1.82) is 0 Å². The average molecular weight is 320 g/mol. The van der Waals surface area contributed by atoms with Crippen LogP contribution in [0.1, 0.15) is 43.2 Å². The van der Waals surface area contributed by atoms with E-state index in [1.54, 1.807) is 20.7 Å². The van der Waals surface area contributed by atoms with Gasteiger partial charge < -0.3 is 14.7 Å². The summed E-state index contributed by atoms with van der Waals surface area (Å²) in [6.45, 7) is 8.25. The van der Waals surface area contributed by atoms with Gasteiger partial charge in [-0.15, -0.1) is 5.10 Å². The summed E-state index contributed by atoms with van der Waals surface area (Å²) < 4.78 is 1.72. The molecule has 23 heavy (non-hydrogen) atoms. The van der Waals surface area contributed by atoms with Crippen molar-refractivity contribution in [2.24, 2.45) is 0 Å². The fourth-order valence-corrected chi connectivity index (χ4v) is 3.11. The monoisotopic (exact) mass is 320 g/mol. The Labute approximate surface area is 136 Å². The molecule has 1 aromatic rings. The molecule has 3 heterocycles. The van der Waals surface area contributed by atoms with Crippen LogP contribution in [0.25, 0.3) is 0 Å². The van der Waals surface area contributed by atoms with E-state index in [2.05, 4.69) is 10.3 Å². The van der Waals surface area contributed by atoms with E-state index in [0.717, 1.165) is 25.9 Å². The maximum Gasteiger partial charge on any atom is 0.320 e. The predicted molar refractivity (Wildman–Crippen MR) is 84.1 cm³/mol. The van der Waals surface area contributed by atoms with E-state index in [1.165, 1.54) is 0 Å². The molecule has 2 fully saturated rings. The summed E-state index contributed by atoms with van der Waals surface area (Å²) in [5.74, 6) is -0.0378. The average Bonchev–Trinajstić information content (AvgIpc) is 3.18. The molecule has 0 aliphatic carbocycles. The standard InChI is InChI=1S/C15H24N6O2/c1-3-18(4-2)15(23)20-9-12(10-20)21-11-13(16-17-21)14(22)19-7-5-6-8-19/h11-12H,3-10H2,1-2H3. The van der Waals surface area contributed by atoms with Crippen LogP contribution in [-0.2, 0) is 0 Å². The number of rotatable bonds is 4. The summed E-state index contributed by atoms with van der Waals surface area (Å²) in [5, 5.41) is 8.09. The van der Waals surface area contributed by atoms with Gasteiger partial charge in [0.25, 0.3) is 5.91 Å². The largest absolute Gasteiger partial charge is 0.337 e. The van der Waals surface area contributed by atoms with Crippen molar-refractivity contribution in [3.05, 3.63) is 11.9 Å². The highest BCUT2D eigenvalue weighted by molar-refractivity contribution is 5.92. The first-order valence-corrected chi connectivity index (χ1v) is 8.39. The van der Waals surface area contributed by atoms with E-state index in [-0.39, 0.29) is 18.0 Å². The Morgan fingerprint density at radius 1 is 1.17 bits per heavy atom. The maximum atomic E-state index is 12.3. The van der Waals surface area contributed by atoms with Gasteiger partial charge in [0.05, 0.1) is 12.2 Å². The normalized spacial score (nSPS) is 18.2. The molecule has 0 N–H and O–H groups in total. The second-order valence-corrected chi connectivity index (χ2v) is 6.10. The van der Waals surface area contributed by atoms with Crippen LogP contribution in [0.2, 0.25) is 0 Å². The molecule has 0 radical (unpaired) electrons. The van der Waals surface area contributed by atoms with Crippen molar-refractivity contribution in [3.8, 4) is 0 Å². The zero-order chi connectivity index (χ0) is 16.4. The molecule has 126 valence electrons. The van der Waals surface area contributed by atoms with Gasteiger partial charge in [0, 0.05) is 39.3 Å². The van der Waals surface area contributed by atoms with Crippen LogP contribution in [-0.4, -0.2) is 80.9 Å². The van der Waals surface area contributed by atoms with Gasteiger partial charge in [0.1, 0.15) is 0 Å². The van der Waals surface area contributed by atoms with E-state index in [9.17, 15) is 9.59 Å². The predicted octanol–water partition coefficient (Wildman–Crippen LogP) is 0.833. The van der Waals surface area contributed by atoms with E-state index in [0.29, 0.717) is 31.9 Å². The SMILES string of the molecule is CCN(CC)C(=O)N1CC(n2cc(C(=O)N3CCCC3)nn2)C1. The van der Waals surface area contributed by atoms with Crippen molar-refractivity contribution >= 4 is 11.9 Å². The second kappa shape index (κ2) is 6.55. The highest BCUT2D eigenvalue weighted by atomic mass is 16.2. The van der Waals surface area contributed by atoms with E-state index < -0.39 is 0 Å². The fraction of sp³-hybridized carbons (Fsp3) is 0.733. The molecule has 0 saturated carbocycles. The Kier molecular flexibility index (Phi) is 4.49. The van der Waals surface area contributed by atoms with Gasteiger partial charge in [-0.25, -0.2) is 9.48 Å². The van der Waals surface area contributed by atoms with Gasteiger partial charge in [-0.1, -0.05) is 5.21 Å². The van der Waals surface area contributed by atoms with Gasteiger partial charge in [-0.05, 0) is 26.7 Å². The smallest absolute Gasteiger partial charge is 0.320 e. The summed E-state index contributed by atoms with van der Waals surface area (Å²) in [6.07, 6.45) is 3.83. The molecular formula is C15H24N6O2. The lowest BCUT2D eigenvalue weighted by Crippen LogP contribution is -2.55. The number of urea groups is 1. The summed E-state index contributed by atoms with van der Waals surface area (Å²) in [5.41, 5.74) is 0.403. The number of hydrogen-bond donors (Lipinski definition) is 0. The minimum atomic E-state index is -0.0378. The molecule has 0 atom stereocenters. The minimum Gasteiger partial charge on any atom is -0.337 e. The first-order chi connectivity index (χ1) is 11.1. The zero-order valence-corrected chi connectivity index (χ0v) is 13.8. The fourth-order valence-electron chi connectivity index (χ4n) is 3.11. The first-order valence-electron chi connectivity index (χ1n) is 8.39. The van der Waals surface area contributed by atoms with Crippen molar-refractivity contribution in [1.82, 2.24) is 29.7 Å². The Balaban J connectivity index is 1.56. The van der Waals surface area contributed by atoms with Gasteiger partial charge in [-0.3, -0.25) is 4.79 Å². The molecule has 2 aliphatic rings. The topological polar surface area (TPSA) is 74.6 Å². The molecule has 0 spiro atoms. The van der Waals surface area contributed by atoms with E-state index in [4.69, 9.17) is 0 Å². The Bertz CT molecular complexity index is 570. The number of likely N-dealkylation sites (tertiary alicyclic amines) is 2. The summed E-state index contributed by atoms with van der Waals surface area (Å²) in [7, 11) is 0. The van der Waals surface area contributed by atoms with Crippen LogP contribution >= 0.6 is 0 Å². The Morgan fingerprint density at radius 2 is 1.83 bits per heavy atom. The van der Waals surface area contributed by atoms with Crippen LogP contribution in [0.4, 0.5) is 4.79 Å². The van der Waals surface area contributed by atoms with Gasteiger partial charge in [0.2, 0.25) is 0 Å². The van der Waals surface area contributed by atoms with Crippen LogP contribution in [0.15, 0.2) is 6.20 Å². The van der Waals surface area contributed by atoms with Crippen LogP contribution in [0.3, 0.4) is 0 Å². The molecule has 0 unspecified atom stereocenters. The minimum absolute atomic E-state index is 0.0378. The molecule has 0 bridgehead atoms. The van der Waals surface area contributed by atoms with Crippen molar-refractivity contribution in [2.45, 2.75) is 32.7 Å². The number of nitrogens with zero attached hydrogens (tertiary/aromatic N) is 6. The summed E-state index contributed by atoms with van der Waals surface area (Å²) >= 11 is 0. The lowest BCUT2D eigenvalue weighted by molar-refractivity contribution is 0.0785. The lowest BCUT2D eigenvalue weighted by Gasteiger charge is -2.41. The Morgan fingerprint density at radius 3 is 2.43 bits per heavy atom. The van der Waals surface area contributed by atoms with Gasteiger partial charge >= 0.3 is 6.03 Å². The number of carbonyl (C=O) groups excluding carboxylic acids is 2. The quantitative estimate of drug-likeness (QED) is 0.823. The van der Waals surface area contributed by atoms with Crippen molar-refractivity contribution in [2.75, 3.05) is 39.3 Å². The van der Waals surface area contributed by atoms with Crippen LogP contribution < -0.4 is 0 Å². The van der Waals surface area contributed by atoms with E-state index >= 15 is 0 Å². The second-order valence-electron chi connectivity index (χ2n) is 6.10. The molecule has 3 rings (SSSR count). The maximum absolute atomic E-state index is 12.3. The van der Waals surface area contributed by atoms with Crippen LogP contribution in [0, 0.1) is 0 Å². The molecule has 8 nitrogen and oxygen atoms in total. The molecule has 8 heteroatoms. The van der Waals surface area contributed by atoms with E-state index in [1.807, 2.05) is 18.7 Å². The lowest BCUT2D eigenvalue weighted by atomic mass is 10.1.